The van der Waals surface area contributed by atoms with Crippen molar-refractivity contribution >= 4 is 71.2 Å². The van der Waals surface area contributed by atoms with Crippen LogP contribution in [0.4, 0.5) is 5.69 Å². The van der Waals surface area contributed by atoms with Crippen LogP contribution in [0.25, 0.3) is 115 Å². The molecule has 10 aromatic carbocycles. The quantitative estimate of drug-likeness (QED) is 0.162. The maximum atomic E-state index is 11.1. The maximum absolute atomic E-state index is 11.1. The summed E-state index contributed by atoms with van der Waals surface area (Å²) in [6.45, 7) is 8.63. The van der Waals surface area contributed by atoms with Crippen molar-refractivity contribution in [3.63, 3.8) is 0 Å². The molecule has 0 fully saturated rings. The van der Waals surface area contributed by atoms with E-state index in [1.165, 1.54) is 10.8 Å². The molecule has 3 heterocycles. The van der Waals surface area contributed by atoms with Crippen LogP contribution in [0.5, 0.6) is 0 Å². The van der Waals surface area contributed by atoms with Crippen LogP contribution in [-0.2, 0) is 0 Å². The zero-order chi connectivity index (χ0) is 45.0. The van der Waals surface area contributed by atoms with E-state index in [0.717, 1.165) is 111 Å². The molecule has 0 unspecified atom stereocenters. The molecule has 314 valence electrons. The smallest absolute Gasteiger partial charge is 0.192 e. The first-order chi connectivity index (χ1) is 33.6. The Bertz CT molecular complexity index is 4200. The van der Waals surface area contributed by atoms with E-state index in [-0.39, 0.29) is 5.92 Å². The highest BCUT2D eigenvalue weighted by atomic mass is 16.3. The predicted molar refractivity (Wildman–Crippen MR) is 277 cm³/mol. The number of hydrogen-bond acceptors (Lipinski definition) is 2. The van der Waals surface area contributed by atoms with Crippen LogP contribution in [0, 0.1) is 17.9 Å². The lowest BCUT2D eigenvalue weighted by Crippen LogP contribution is -2.04. The summed E-state index contributed by atoms with van der Waals surface area (Å²) in [7, 11) is 0. The van der Waals surface area contributed by atoms with Gasteiger partial charge in [0.25, 0.3) is 0 Å². The monoisotopic (exact) mass is 864 g/mol. The van der Waals surface area contributed by atoms with Gasteiger partial charge in [-0.1, -0.05) is 140 Å². The van der Waals surface area contributed by atoms with Crippen LogP contribution in [0.15, 0.2) is 217 Å². The van der Waals surface area contributed by atoms with E-state index in [1.54, 1.807) is 6.07 Å². The van der Waals surface area contributed by atoms with E-state index in [4.69, 9.17) is 11.0 Å². The first-order valence-electron chi connectivity index (χ1n) is 22.9. The minimum atomic E-state index is -0.262. The number of benzene rings is 10. The Morgan fingerprint density at radius 3 is 1.66 bits per heavy atom. The topological polar surface area (TPSA) is 51.1 Å². The first kappa shape index (κ1) is 37.9. The Balaban J connectivity index is 1.04. The Morgan fingerprint density at radius 1 is 0.456 bits per heavy atom. The molecular weight excluding hydrogens is 829 g/mol. The predicted octanol–water partition coefficient (Wildman–Crippen LogP) is 16.7. The van der Waals surface area contributed by atoms with Gasteiger partial charge in [0.2, 0.25) is 0 Å². The van der Waals surface area contributed by atoms with Gasteiger partial charge < -0.3 is 13.6 Å². The molecule has 0 saturated carbocycles. The molecule has 1 aliphatic rings. The highest BCUT2D eigenvalue weighted by Gasteiger charge is 2.34. The Morgan fingerprint density at radius 2 is 1.03 bits per heavy atom. The summed E-state index contributed by atoms with van der Waals surface area (Å²) in [6.07, 6.45) is 0. The van der Waals surface area contributed by atoms with E-state index in [1.807, 2.05) is 24.3 Å². The SMILES string of the molecule is [C-]#[N+]c1cc(C#N)c(-n2c3ccc(-n4c5ccccc5c5ccccc54)cc3c3c4oc5ccccc5c4ccc32)cc1C1c2ccc(-c3ccccc3)cc2-c2cc(-c3ccccc3)ccc21. The van der Waals surface area contributed by atoms with Gasteiger partial charge in [-0.05, 0) is 123 Å². The average molecular weight is 865 g/mol. The second-order valence-corrected chi connectivity index (χ2v) is 17.8. The Hall–Kier alpha value is -9.42. The maximum Gasteiger partial charge on any atom is 0.192 e. The second-order valence-electron chi connectivity index (χ2n) is 17.8. The summed E-state index contributed by atoms with van der Waals surface area (Å²) < 4.78 is 11.4. The van der Waals surface area contributed by atoms with Crippen molar-refractivity contribution in [1.82, 2.24) is 9.13 Å². The third-order valence-electron chi connectivity index (χ3n) is 14.3. The second kappa shape index (κ2) is 14.5. The van der Waals surface area contributed by atoms with Crippen LogP contribution in [0.2, 0.25) is 0 Å². The molecule has 5 nitrogen and oxygen atoms in total. The highest BCUT2D eigenvalue weighted by molar-refractivity contribution is 6.24. The minimum Gasteiger partial charge on any atom is -0.455 e. The van der Waals surface area contributed by atoms with Gasteiger partial charge in [-0.2, -0.15) is 5.26 Å². The van der Waals surface area contributed by atoms with Crippen molar-refractivity contribution in [3.8, 4) is 50.8 Å². The van der Waals surface area contributed by atoms with E-state index in [9.17, 15) is 5.26 Å². The van der Waals surface area contributed by atoms with E-state index >= 15 is 0 Å². The molecule has 14 rings (SSSR count). The highest BCUT2D eigenvalue weighted by Crippen LogP contribution is 2.53. The van der Waals surface area contributed by atoms with Gasteiger partial charge in [0.15, 0.2) is 5.69 Å². The zero-order valence-electron chi connectivity index (χ0n) is 36.5. The van der Waals surface area contributed by atoms with Crippen molar-refractivity contribution in [2.45, 2.75) is 5.92 Å². The lowest BCUT2D eigenvalue weighted by molar-refractivity contribution is 0.673. The number of hydrogen-bond donors (Lipinski definition) is 0. The molecule has 0 amide bonds. The zero-order valence-corrected chi connectivity index (χ0v) is 36.5. The summed E-state index contributed by atoms with van der Waals surface area (Å²) in [5.74, 6) is -0.262. The van der Waals surface area contributed by atoms with Crippen molar-refractivity contribution in [3.05, 3.63) is 246 Å². The summed E-state index contributed by atoms with van der Waals surface area (Å²) in [4.78, 5) is 4.17. The summed E-state index contributed by atoms with van der Waals surface area (Å²) >= 11 is 0. The molecule has 13 aromatic rings. The third-order valence-corrected chi connectivity index (χ3v) is 14.3. The summed E-state index contributed by atoms with van der Waals surface area (Å²) in [5.41, 5.74) is 18.3. The molecule has 0 bridgehead atoms. The van der Waals surface area contributed by atoms with Crippen molar-refractivity contribution in [2.24, 2.45) is 0 Å². The molecule has 1 aliphatic carbocycles. The van der Waals surface area contributed by atoms with Crippen LogP contribution in [-0.4, -0.2) is 9.13 Å². The largest absolute Gasteiger partial charge is 0.455 e. The number of para-hydroxylation sites is 3. The molecule has 5 heteroatoms. The number of fused-ring (bicyclic) bond motifs is 13. The lowest BCUT2D eigenvalue weighted by Gasteiger charge is -2.20. The average Bonchev–Trinajstić information content (AvgIpc) is 4.14. The molecule has 3 aromatic heterocycles. The number of aromatic nitrogens is 2. The van der Waals surface area contributed by atoms with Gasteiger partial charge in [-0.3, -0.25) is 0 Å². The first-order valence-corrected chi connectivity index (χ1v) is 22.9. The number of rotatable bonds is 5. The molecule has 0 saturated heterocycles. The van der Waals surface area contributed by atoms with Crippen molar-refractivity contribution in [1.29, 1.82) is 5.26 Å². The van der Waals surface area contributed by atoms with Crippen LogP contribution in [0.1, 0.15) is 28.2 Å². The molecule has 0 aliphatic heterocycles. The minimum absolute atomic E-state index is 0.262. The molecule has 0 radical (unpaired) electrons. The fourth-order valence-corrected chi connectivity index (χ4v) is 11.3. The fraction of sp³-hybridized carbons (Fsp3) is 0.0159. The standard InChI is InChI=1S/C63H36N4O/c1-65-54-34-42(37-64)59(36-52(54)61-47-27-24-40(38-14-4-2-5-15-38)32-50(47)51-33-41(25-28-48(51)61)39-16-6-3-7-17-39)67-57-30-26-43(66-55-21-11-8-18-44(55)45-19-9-12-22-56(45)66)35-53(57)62-58(67)31-29-49-46-20-10-13-23-60(46)68-63(49)62/h2-36,61H. The molecule has 0 spiro atoms. The Labute approximate surface area is 391 Å². The normalized spacial score (nSPS) is 12.3. The molecule has 0 atom stereocenters. The Kier molecular flexibility index (Phi) is 8.11. The van der Waals surface area contributed by atoms with Gasteiger partial charge in [0, 0.05) is 38.5 Å². The molecule has 0 N–H and O–H groups in total. The fourth-order valence-electron chi connectivity index (χ4n) is 11.3. The lowest BCUT2D eigenvalue weighted by atomic mass is 9.86. The van der Waals surface area contributed by atoms with Crippen LogP contribution in [0.3, 0.4) is 0 Å². The molecular formula is C63H36N4O. The van der Waals surface area contributed by atoms with Gasteiger partial charge in [-0.25, -0.2) is 4.85 Å². The third kappa shape index (κ3) is 5.42. The number of nitrogens with zero attached hydrogens (tertiary/aromatic N) is 4. The van der Waals surface area contributed by atoms with Crippen LogP contribution >= 0.6 is 0 Å². The van der Waals surface area contributed by atoms with E-state index in [2.05, 4.69) is 202 Å². The van der Waals surface area contributed by atoms with Gasteiger partial charge in [0.1, 0.15) is 11.2 Å². The van der Waals surface area contributed by atoms with Gasteiger partial charge in [0.05, 0.1) is 51.3 Å². The number of furan rings is 1. The van der Waals surface area contributed by atoms with Crippen molar-refractivity contribution < 1.29 is 4.42 Å². The molecule has 68 heavy (non-hydrogen) atoms. The van der Waals surface area contributed by atoms with Gasteiger partial charge in [-0.15, -0.1) is 0 Å². The summed E-state index contributed by atoms with van der Waals surface area (Å²) in [5, 5.41) is 17.5. The van der Waals surface area contributed by atoms with Gasteiger partial charge >= 0.3 is 0 Å². The van der Waals surface area contributed by atoms with Crippen molar-refractivity contribution in [2.75, 3.05) is 0 Å². The van der Waals surface area contributed by atoms with Crippen LogP contribution < -0.4 is 0 Å². The number of nitriles is 1. The van der Waals surface area contributed by atoms with E-state index < -0.39 is 0 Å². The van der Waals surface area contributed by atoms with E-state index in [0.29, 0.717) is 16.9 Å². The summed E-state index contributed by atoms with van der Waals surface area (Å²) in [6, 6.07) is 77.2.